The van der Waals surface area contributed by atoms with Crippen LogP contribution in [0.1, 0.15) is 24.8 Å². The summed E-state index contributed by atoms with van der Waals surface area (Å²) < 4.78 is 38.6. The largest absolute Gasteiger partial charge is 0.416 e. The molecule has 0 fully saturated rings. The molecule has 1 aromatic rings. The third kappa shape index (κ3) is 6.53. The van der Waals surface area contributed by atoms with Crippen molar-refractivity contribution in [2.45, 2.75) is 37.1 Å². The summed E-state index contributed by atoms with van der Waals surface area (Å²) >= 11 is 5.77. The molecule has 172 valence electrons. The van der Waals surface area contributed by atoms with E-state index in [1.54, 1.807) is 6.07 Å². The molecule has 5 N–H and O–H groups in total. The van der Waals surface area contributed by atoms with Gasteiger partial charge >= 0.3 is 12.2 Å². The molecule has 1 aliphatic rings. The van der Waals surface area contributed by atoms with Crippen molar-refractivity contribution in [2.24, 2.45) is 0 Å². The Hall–Kier alpha value is -2.94. The predicted octanol–water partition coefficient (Wildman–Crippen LogP) is 2.98. The average molecular weight is 472 g/mol. The Morgan fingerprint density at radius 1 is 1.34 bits per heavy atom. The van der Waals surface area contributed by atoms with E-state index in [-0.39, 0.29) is 37.1 Å². The molecule has 2 atom stereocenters. The molecule has 0 heterocycles. The fraction of sp³-hybridized carbons (Fsp3) is 0.400. The minimum Gasteiger partial charge on any atom is -0.382 e. The summed E-state index contributed by atoms with van der Waals surface area (Å²) in [5.74, 6) is -0.593. The number of carbonyl (C=O) groups is 1. The number of aliphatic hydroxyl groups is 2. The van der Waals surface area contributed by atoms with E-state index in [2.05, 4.69) is 5.32 Å². The van der Waals surface area contributed by atoms with Crippen LogP contribution >= 0.6 is 11.6 Å². The third-order valence-electron chi connectivity index (χ3n) is 4.87. The SMILES string of the molecule is N#CC1(O)CC=C(C(=N)CNC(=O)N(C[C@H](O)C(F)(F)F)C(=N)c2ccc(Cl)cc2)CC1. The number of amidine groups is 1. The second-order valence-corrected chi connectivity index (χ2v) is 7.67. The summed E-state index contributed by atoms with van der Waals surface area (Å²) in [5.41, 5.74) is -0.974. The zero-order valence-electron chi connectivity index (χ0n) is 16.7. The van der Waals surface area contributed by atoms with Gasteiger partial charge in [-0.3, -0.25) is 10.3 Å². The maximum Gasteiger partial charge on any atom is 0.416 e. The monoisotopic (exact) mass is 471 g/mol. The number of nitrogens with one attached hydrogen (secondary N) is 3. The van der Waals surface area contributed by atoms with Gasteiger partial charge < -0.3 is 20.9 Å². The van der Waals surface area contributed by atoms with E-state index >= 15 is 0 Å². The van der Waals surface area contributed by atoms with Crippen molar-refractivity contribution in [3.63, 3.8) is 0 Å². The van der Waals surface area contributed by atoms with Gasteiger partial charge in [0.05, 0.1) is 24.9 Å². The lowest BCUT2D eigenvalue weighted by molar-refractivity contribution is -0.204. The van der Waals surface area contributed by atoms with Crippen molar-refractivity contribution in [1.29, 1.82) is 16.1 Å². The van der Waals surface area contributed by atoms with Crippen molar-refractivity contribution in [3.8, 4) is 6.07 Å². The highest BCUT2D eigenvalue weighted by Gasteiger charge is 2.41. The third-order valence-corrected chi connectivity index (χ3v) is 5.12. The van der Waals surface area contributed by atoms with Gasteiger partial charge in [-0.25, -0.2) is 4.79 Å². The van der Waals surface area contributed by atoms with E-state index in [0.717, 1.165) is 0 Å². The molecule has 1 aromatic carbocycles. The van der Waals surface area contributed by atoms with Gasteiger partial charge in [0.1, 0.15) is 5.84 Å². The predicted molar refractivity (Wildman–Crippen MR) is 111 cm³/mol. The van der Waals surface area contributed by atoms with Gasteiger partial charge in [0.2, 0.25) is 0 Å². The highest BCUT2D eigenvalue weighted by molar-refractivity contribution is 6.30. The number of amides is 2. The fourth-order valence-corrected chi connectivity index (χ4v) is 3.03. The fourth-order valence-electron chi connectivity index (χ4n) is 2.90. The van der Waals surface area contributed by atoms with Crippen LogP contribution in [-0.4, -0.2) is 63.7 Å². The molecule has 1 unspecified atom stereocenters. The van der Waals surface area contributed by atoms with E-state index in [9.17, 15) is 28.2 Å². The van der Waals surface area contributed by atoms with E-state index in [4.69, 9.17) is 27.7 Å². The first kappa shape index (κ1) is 25.3. The average Bonchev–Trinajstić information content (AvgIpc) is 2.75. The Balaban J connectivity index is 2.12. The molecular weight excluding hydrogens is 451 g/mol. The number of carbonyl (C=O) groups excluding carboxylic acids is 1. The first-order chi connectivity index (χ1) is 14.9. The van der Waals surface area contributed by atoms with Crippen LogP contribution in [0.2, 0.25) is 5.02 Å². The van der Waals surface area contributed by atoms with Gasteiger partial charge in [0.25, 0.3) is 0 Å². The first-order valence-electron chi connectivity index (χ1n) is 9.41. The van der Waals surface area contributed by atoms with Gasteiger partial charge in [-0.15, -0.1) is 0 Å². The molecule has 2 rings (SSSR count). The number of rotatable bonds is 6. The lowest BCUT2D eigenvalue weighted by Crippen LogP contribution is -2.51. The number of hydrogen-bond donors (Lipinski definition) is 5. The molecule has 0 saturated carbocycles. The molecule has 32 heavy (non-hydrogen) atoms. The van der Waals surface area contributed by atoms with Crippen molar-refractivity contribution < 1.29 is 28.2 Å². The number of alkyl halides is 3. The standard InChI is InChI=1S/C20H21ClF3N5O3/c21-14-3-1-13(2-4-14)17(27)29(10-16(30)20(22,23)24)18(31)28-9-15(26)12-5-7-19(32,11-25)8-6-12/h1-5,16,26-27,30,32H,6-10H2,(H,28,31)/t16-,19?/m0/s1. The lowest BCUT2D eigenvalue weighted by Gasteiger charge is -2.28. The van der Waals surface area contributed by atoms with E-state index in [1.807, 2.05) is 0 Å². The quantitative estimate of drug-likeness (QED) is 0.247. The van der Waals surface area contributed by atoms with Gasteiger partial charge in [0, 0.05) is 17.0 Å². The molecule has 0 radical (unpaired) electrons. The number of benzene rings is 1. The minimum atomic E-state index is -5.00. The zero-order chi connectivity index (χ0) is 24.1. The molecule has 0 saturated heterocycles. The topological polar surface area (TPSA) is 144 Å². The number of nitriles is 1. The van der Waals surface area contributed by atoms with E-state index in [1.165, 1.54) is 30.3 Å². The number of hydrogen-bond acceptors (Lipinski definition) is 6. The van der Waals surface area contributed by atoms with Gasteiger partial charge in [-0.05, 0) is 42.7 Å². The molecule has 2 amide bonds. The second-order valence-electron chi connectivity index (χ2n) is 7.24. The van der Waals surface area contributed by atoms with Crippen LogP contribution in [0.25, 0.3) is 0 Å². The summed E-state index contributed by atoms with van der Waals surface area (Å²) in [6, 6.07) is 6.16. The van der Waals surface area contributed by atoms with Crippen molar-refractivity contribution in [2.75, 3.05) is 13.1 Å². The van der Waals surface area contributed by atoms with Crippen LogP contribution < -0.4 is 5.32 Å². The Morgan fingerprint density at radius 3 is 2.47 bits per heavy atom. The van der Waals surface area contributed by atoms with Gasteiger partial charge in [-0.1, -0.05) is 17.7 Å². The summed E-state index contributed by atoms with van der Waals surface area (Å²) in [6.07, 6.45) is -6.05. The molecule has 0 spiro atoms. The maximum atomic E-state index is 12.9. The number of urea groups is 1. The number of halogens is 4. The van der Waals surface area contributed by atoms with Crippen LogP contribution in [-0.2, 0) is 0 Å². The second kappa shape index (κ2) is 10.1. The van der Waals surface area contributed by atoms with Crippen molar-refractivity contribution >= 4 is 29.2 Å². The highest BCUT2D eigenvalue weighted by Crippen LogP contribution is 2.27. The molecule has 1 aliphatic carbocycles. The lowest BCUT2D eigenvalue weighted by atomic mass is 9.85. The normalized spacial score (nSPS) is 19.3. The van der Waals surface area contributed by atoms with Crippen molar-refractivity contribution in [1.82, 2.24) is 10.2 Å². The van der Waals surface area contributed by atoms with Crippen LogP contribution in [0, 0.1) is 22.1 Å². The molecule has 0 bridgehead atoms. The van der Waals surface area contributed by atoms with Gasteiger partial charge in [0.15, 0.2) is 11.7 Å². The van der Waals surface area contributed by atoms with Gasteiger partial charge in [-0.2, -0.15) is 18.4 Å². The van der Waals surface area contributed by atoms with Crippen LogP contribution in [0.15, 0.2) is 35.9 Å². The summed E-state index contributed by atoms with van der Waals surface area (Å²) in [5, 5.41) is 47.1. The Labute approximate surface area is 186 Å². The minimum absolute atomic E-state index is 0.0142. The zero-order valence-corrected chi connectivity index (χ0v) is 17.5. The van der Waals surface area contributed by atoms with E-state index in [0.29, 0.717) is 15.5 Å². The van der Waals surface area contributed by atoms with Crippen LogP contribution in [0.4, 0.5) is 18.0 Å². The first-order valence-corrected chi connectivity index (χ1v) is 9.79. The summed E-state index contributed by atoms with van der Waals surface area (Å²) in [4.78, 5) is 13.0. The molecule has 8 nitrogen and oxygen atoms in total. The van der Waals surface area contributed by atoms with Crippen molar-refractivity contribution in [3.05, 3.63) is 46.5 Å². The molecular formula is C20H21ClF3N5O3. The smallest absolute Gasteiger partial charge is 0.382 e. The Morgan fingerprint density at radius 2 is 1.97 bits per heavy atom. The Bertz CT molecular complexity index is 959. The summed E-state index contributed by atoms with van der Waals surface area (Å²) in [6.45, 7) is -1.58. The molecule has 0 aromatic heterocycles. The van der Waals surface area contributed by atoms with Crippen LogP contribution in [0.3, 0.4) is 0 Å². The Kier molecular flexibility index (Phi) is 8.01. The number of aliphatic hydroxyl groups excluding tert-OH is 1. The summed E-state index contributed by atoms with van der Waals surface area (Å²) in [7, 11) is 0. The van der Waals surface area contributed by atoms with Crippen LogP contribution in [0.5, 0.6) is 0 Å². The molecule has 12 heteroatoms. The number of nitrogens with zero attached hydrogens (tertiary/aromatic N) is 2. The van der Waals surface area contributed by atoms with E-state index < -0.39 is 36.3 Å². The highest BCUT2D eigenvalue weighted by atomic mass is 35.5. The molecule has 0 aliphatic heterocycles. The maximum absolute atomic E-state index is 12.9.